The molecule has 0 aliphatic carbocycles. The fourth-order valence-electron chi connectivity index (χ4n) is 2.76. The number of aliphatic hydroxyl groups is 2. The molecule has 1 amide bonds. The Morgan fingerprint density at radius 2 is 2.23 bits per heavy atom. The molecule has 3 saturated heterocycles. The topological polar surface area (TPSA) is 70.0 Å². The molecule has 3 rings (SSSR count). The number of hydrogen-bond acceptors (Lipinski definition) is 4. The Hall–Kier alpha value is -0.650. The van der Waals surface area contributed by atoms with Gasteiger partial charge >= 0.3 is 0 Å². The van der Waals surface area contributed by atoms with E-state index in [1.807, 2.05) is 0 Å². The molecule has 5 nitrogen and oxygen atoms in total. The van der Waals surface area contributed by atoms with Gasteiger partial charge in [0.05, 0.1) is 18.1 Å². The smallest absolute Gasteiger partial charge is 0.252 e. The number of rotatable bonds is 0. The first-order valence-electron chi connectivity index (χ1n) is 4.52. The van der Waals surface area contributed by atoms with Crippen LogP contribution in [0.5, 0.6) is 0 Å². The molecule has 0 aromatic rings. The van der Waals surface area contributed by atoms with Crippen molar-refractivity contribution in [3.63, 3.8) is 0 Å². The van der Waals surface area contributed by atoms with Gasteiger partial charge in [-0.05, 0) is 6.42 Å². The van der Waals surface area contributed by atoms with Crippen molar-refractivity contribution in [2.45, 2.75) is 31.0 Å². The molecule has 13 heavy (non-hydrogen) atoms. The minimum atomic E-state index is -1.06. The van der Waals surface area contributed by atoms with Crippen LogP contribution in [0.3, 0.4) is 0 Å². The van der Waals surface area contributed by atoms with Crippen LogP contribution in [-0.4, -0.2) is 52.1 Å². The average Bonchev–Trinajstić information content (AvgIpc) is 2.65. The number of carbonyl (C=O) groups excluding carboxylic acids is 1. The second kappa shape index (κ2) is 2.23. The minimum Gasteiger partial charge on any atom is -0.383 e. The van der Waals surface area contributed by atoms with Gasteiger partial charge in [-0.1, -0.05) is 0 Å². The zero-order chi connectivity index (χ0) is 9.16. The van der Waals surface area contributed by atoms with Gasteiger partial charge in [-0.25, -0.2) is 0 Å². The Labute approximate surface area is 74.9 Å². The Balaban J connectivity index is 2.01. The first-order valence-corrected chi connectivity index (χ1v) is 4.52. The quantitative estimate of drug-likeness (QED) is 0.471. The Bertz CT molecular complexity index is 269. The monoisotopic (exact) mass is 185 g/mol. The highest BCUT2D eigenvalue weighted by Crippen LogP contribution is 2.43. The highest BCUT2D eigenvalue weighted by Gasteiger charge is 2.61. The van der Waals surface area contributed by atoms with E-state index in [-0.39, 0.29) is 18.1 Å². The third-order valence-corrected chi connectivity index (χ3v) is 3.33. The third kappa shape index (κ3) is 0.751. The molecular weight excluding hydrogens is 174 g/mol. The van der Waals surface area contributed by atoms with Crippen LogP contribution in [0, 0.1) is 5.92 Å². The van der Waals surface area contributed by atoms with Crippen molar-refractivity contribution in [1.82, 2.24) is 4.90 Å². The molecule has 3 aliphatic heterocycles. The van der Waals surface area contributed by atoms with E-state index in [4.69, 9.17) is 4.74 Å². The number of amides is 1. The lowest BCUT2D eigenvalue weighted by atomic mass is 9.97. The van der Waals surface area contributed by atoms with Gasteiger partial charge in [0.1, 0.15) is 6.10 Å². The van der Waals surface area contributed by atoms with Crippen molar-refractivity contribution in [3.05, 3.63) is 0 Å². The maximum absolute atomic E-state index is 11.4. The van der Waals surface area contributed by atoms with Crippen molar-refractivity contribution in [2.75, 3.05) is 6.54 Å². The molecule has 5 atom stereocenters. The van der Waals surface area contributed by atoms with Crippen molar-refractivity contribution >= 4 is 5.91 Å². The zero-order valence-corrected chi connectivity index (χ0v) is 6.96. The lowest BCUT2D eigenvalue weighted by Gasteiger charge is -2.14. The van der Waals surface area contributed by atoms with Crippen molar-refractivity contribution in [2.24, 2.45) is 5.92 Å². The molecule has 72 valence electrons. The van der Waals surface area contributed by atoms with Gasteiger partial charge in [-0.3, -0.25) is 4.79 Å². The molecule has 3 aliphatic rings. The fraction of sp³-hybridized carbons (Fsp3) is 0.875. The first kappa shape index (κ1) is 7.73. The Kier molecular flexibility index (Phi) is 1.33. The summed E-state index contributed by atoms with van der Waals surface area (Å²) in [5.41, 5.74) is 0. The summed E-state index contributed by atoms with van der Waals surface area (Å²) in [6.45, 7) is 0.647. The molecule has 0 unspecified atom stereocenters. The summed E-state index contributed by atoms with van der Waals surface area (Å²) in [6.07, 6.45) is -1.33. The van der Waals surface area contributed by atoms with Crippen molar-refractivity contribution < 1.29 is 19.7 Å². The van der Waals surface area contributed by atoms with Crippen LogP contribution in [-0.2, 0) is 9.53 Å². The number of aliphatic hydroxyl groups excluding tert-OH is 2. The summed E-state index contributed by atoms with van der Waals surface area (Å²) in [5, 5.41) is 19.0. The summed E-state index contributed by atoms with van der Waals surface area (Å²) < 4.78 is 5.24. The molecule has 0 bridgehead atoms. The second-order valence-corrected chi connectivity index (χ2v) is 3.90. The highest BCUT2D eigenvalue weighted by molar-refractivity contribution is 5.84. The second-order valence-electron chi connectivity index (χ2n) is 3.90. The van der Waals surface area contributed by atoms with Crippen LogP contribution < -0.4 is 0 Å². The maximum atomic E-state index is 11.4. The molecular formula is C8H11NO4. The van der Waals surface area contributed by atoms with E-state index in [0.717, 1.165) is 6.42 Å². The van der Waals surface area contributed by atoms with Gasteiger partial charge in [-0.15, -0.1) is 0 Å². The summed E-state index contributed by atoms with van der Waals surface area (Å²) in [4.78, 5) is 13.1. The van der Waals surface area contributed by atoms with E-state index in [0.29, 0.717) is 6.54 Å². The largest absolute Gasteiger partial charge is 0.383 e. The lowest BCUT2D eigenvalue weighted by molar-refractivity contribution is -0.146. The summed E-state index contributed by atoms with van der Waals surface area (Å²) in [6, 6.07) is -0.0856. The van der Waals surface area contributed by atoms with Crippen LogP contribution >= 0.6 is 0 Å². The predicted octanol–water partition coefficient (Wildman–Crippen LogP) is -1.70. The summed E-state index contributed by atoms with van der Waals surface area (Å²) in [5.74, 6) is -0.681. The molecule has 0 aromatic heterocycles. The van der Waals surface area contributed by atoms with E-state index in [1.54, 1.807) is 4.90 Å². The molecule has 0 spiro atoms. The molecule has 5 heteroatoms. The molecule has 0 saturated carbocycles. The van der Waals surface area contributed by atoms with Gasteiger partial charge in [0, 0.05) is 6.54 Å². The van der Waals surface area contributed by atoms with E-state index in [2.05, 4.69) is 0 Å². The van der Waals surface area contributed by atoms with Crippen LogP contribution in [0.4, 0.5) is 0 Å². The van der Waals surface area contributed by atoms with Crippen LogP contribution in [0.2, 0.25) is 0 Å². The number of hydrogen-bond donors (Lipinski definition) is 2. The van der Waals surface area contributed by atoms with Gasteiger partial charge in [-0.2, -0.15) is 0 Å². The number of ether oxygens (including phenoxy) is 1. The van der Waals surface area contributed by atoms with Crippen LogP contribution in [0.15, 0.2) is 0 Å². The SMILES string of the molecule is O=C1[C@H](O)[C@H]2[C@@H]3[C@@H](CCN13)O[C@@H]2O. The third-order valence-electron chi connectivity index (χ3n) is 3.33. The van der Waals surface area contributed by atoms with Gasteiger partial charge in [0.2, 0.25) is 0 Å². The maximum Gasteiger partial charge on any atom is 0.252 e. The fourth-order valence-corrected chi connectivity index (χ4v) is 2.76. The standard InChI is InChI=1S/C8H11NO4/c10-6-4-5-3(13-8(4)12)1-2-9(5)7(6)11/h3-6,8,10,12H,1-2H2/t3-,4-,5+,6-,8+/m1/s1. The van der Waals surface area contributed by atoms with Gasteiger partial charge < -0.3 is 19.8 Å². The first-order chi connectivity index (χ1) is 6.20. The number of carbonyl (C=O) groups is 1. The molecule has 3 heterocycles. The van der Waals surface area contributed by atoms with E-state index < -0.39 is 18.3 Å². The van der Waals surface area contributed by atoms with Crippen LogP contribution in [0.25, 0.3) is 0 Å². The zero-order valence-electron chi connectivity index (χ0n) is 6.96. The highest BCUT2D eigenvalue weighted by atomic mass is 16.6. The Morgan fingerprint density at radius 3 is 3.00 bits per heavy atom. The molecule has 0 aromatic carbocycles. The van der Waals surface area contributed by atoms with E-state index in [1.165, 1.54) is 0 Å². The normalized spacial score (nSPS) is 53.2. The van der Waals surface area contributed by atoms with Crippen molar-refractivity contribution in [1.29, 1.82) is 0 Å². The minimum absolute atomic E-state index is 0.0684. The molecule has 0 radical (unpaired) electrons. The Morgan fingerprint density at radius 1 is 1.46 bits per heavy atom. The molecule has 2 N–H and O–H groups in total. The summed E-state index contributed by atoms with van der Waals surface area (Å²) >= 11 is 0. The predicted molar refractivity (Wildman–Crippen MR) is 40.5 cm³/mol. The summed E-state index contributed by atoms with van der Waals surface area (Å²) in [7, 11) is 0. The molecule has 3 fully saturated rings. The average molecular weight is 185 g/mol. The van der Waals surface area contributed by atoms with E-state index in [9.17, 15) is 15.0 Å². The van der Waals surface area contributed by atoms with Crippen LogP contribution in [0.1, 0.15) is 6.42 Å². The van der Waals surface area contributed by atoms with Gasteiger partial charge in [0.25, 0.3) is 5.91 Å². The van der Waals surface area contributed by atoms with E-state index >= 15 is 0 Å². The lowest BCUT2D eigenvalue weighted by Crippen LogP contribution is -2.32. The number of nitrogens with zero attached hydrogens (tertiary/aromatic N) is 1. The van der Waals surface area contributed by atoms with Crippen molar-refractivity contribution in [3.8, 4) is 0 Å². The van der Waals surface area contributed by atoms with Gasteiger partial charge in [0.15, 0.2) is 6.29 Å².